The zero-order valence-electron chi connectivity index (χ0n) is 20.1. The minimum atomic E-state index is -0.773. The lowest BCUT2D eigenvalue weighted by Crippen LogP contribution is -2.45. The lowest BCUT2D eigenvalue weighted by atomic mass is 9.74. The van der Waals surface area contributed by atoms with Crippen molar-refractivity contribution < 1.29 is 23.4 Å². The molecule has 2 heterocycles. The zero-order chi connectivity index (χ0) is 25.7. The average Bonchev–Trinajstić information content (AvgIpc) is 2.88. The van der Waals surface area contributed by atoms with Gasteiger partial charge in [0.15, 0.2) is 0 Å². The molecule has 0 bridgehead atoms. The molecule has 5 nitrogen and oxygen atoms in total. The molecule has 1 N–H and O–H groups in total. The van der Waals surface area contributed by atoms with Gasteiger partial charge < -0.3 is 14.7 Å². The second-order valence-corrected chi connectivity index (χ2v) is 10.7. The molecule has 0 radical (unpaired) electrons. The number of ether oxygens (including phenoxy) is 1. The summed E-state index contributed by atoms with van der Waals surface area (Å²) >= 11 is 7.75. The number of aliphatic carboxylic acids is 1. The van der Waals surface area contributed by atoms with Crippen molar-refractivity contribution in [1.82, 2.24) is 9.88 Å². The molecule has 0 aliphatic carbocycles. The van der Waals surface area contributed by atoms with Gasteiger partial charge in [-0.15, -0.1) is 11.8 Å². The summed E-state index contributed by atoms with van der Waals surface area (Å²) in [4.78, 5) is 19.2. The summed E-state index contributed by atoms with van der Waals surface area (Å²) < 4.78 is 32.6. The van der Waals surface area contributed by atoms with E-state index in [2.05, 4.69) is 9.88 Å². The van der Waals surface area contributed by atoms with Gasteiger partial charge in [-0.2, -0.15) is 0 Å². The molecule has 1 fully saturated rings. The van der Waals surface area contributed by atoms with Crippen LogP contribution in [0.25, 0.3) is 10.9 Å². The van der Waals surface area contributed by atoms with Crippen molar-refractivity contribution in [3.8, 4) is 5.75 Å². The lowest BCUT2D eigenvalue weighted by molar-refractivity contribution is -0.152. The molecule has 192 valence electrons. The number of halogens is 3. The fourth-order valence-electron chi connectivity index (χ4n) is 4.83. The molecule has 1 saturated heterocycles. The molecular formula is C27H29ClF2N2O3S. The predicted octanol–water partition coefficient (Wildman–Crippen LogP) is 6.46. The van der Waals surface area contributed by atoms with Gasteiger partial charge in [0.25, 0.3) is 0 Å². The van der Waals surface area contributed by atoms with E-state index in [1.165, 1.54) is 17.8 Å². The molecule has 2 aromatic carbocycles. The molecular weight excluding hydrogens is 506 g/mol. The van der Waals surface area contributed by atoms with Crippen LogP contribution in [0.5, 0.6) is 5.75 Å². The normalized spacial score (nSPS) is 15.8. The molecule has 0 amide bonds. The van der Waals surface area contributed by atoms with E-state index in [1.807, 2.05) is 18.2 Å². The van der Waals surface area contributed by atoms with Crippen molar-refractivity contribution in [3.63, 3.8) is 0 Å². The quantitative estimate of drug-likeness (QED) is 0.301. The third-order valence-corrected chi connectivity index (χ3v) is 8.38. The van der Waals surface area contributed by atoms with E-state index in [0.29, 0.717) is 67.4 Å². The monoisotopic (exact) mass is 534 g/mol. The van der Waals surface area contributed by atoms with Gasteiger partial charge in [0.2, 0.25) is 0 Å². The number of fused-ring (bicyclic) bond motifs is 1. The maximum atomic E-state index is 13.8. The van der Waals surface area contributed by atoms with Gasteiger partial charge in [-0.3, -0.25) is 9.78 Å². The van der Waals surface area contributed by atoms with Crippen LogP contribution in [-0.4, -0.2) is 53.5 Å². The van der Waals surface area contributed by atoms with Crippen LogP contribution < -0.4 is 4.74 Å². The Hall–Kier alpha value is -2.42. The Balaban J connectivity index is 1.33. The maximum absolute atomic E-state index is 13.8. The fraction of sp³-hybridized carbons (Fsp3) is 0.407. The first-order valence-electron chi connectivity index (χ1n) is 12.0. The number of nitrogens with zero attached hydrogens (tertiary/aromatic N) is 2. The van der Waals surface area contributed by atoms with Crippen LogP contribution in [0.2, 0.25) is 5.02 Å². The Kier molecular flexibility index (Phi) is 8.70. The summed E-state index contributed by atoms with van der Waals surface area (Å²) in [5.74, 6) is -0.308. The largest absolute Gasteiger partial charge is 0.497 e. The molecule has 1 aromatic heterocycles. The van der Waals surface area contributed by atoms with Crippen LogP contribution in [0, 0.1) is 17.0 Å². The molecule has 0 atom stereocenters. The molecule has 3 aromatic rings. The van der Waals surface area contributed by atoms with E-state index in [1.54, 1.807) is 13.3 Å². The van der Waals surface area contributed by atoms with Crippen molar-refractivity contribution in [2.45, 2.75) is 37.0 Å². The van der Waals surface area contributed by atoms with E-state index in [4.69, 9.17) is 16.3 Å². The summed E-state index contributed by atoms with van der Waals surface area (Å²) in [7, 11) is 1.61. The van der Waals surface area contributed by atoms with Crippen LogP contribution in [0.15, 0.2) is 47.5 Å². The third kappa shape index (κ3) is 6.10. The zero-order valence-corrected chi connectivity index (χ0v) is 21.7. The number of hydrogen-bond acceptors (Lipinski definition) is 5. The summed E-state index contributed by atoms with van der Waals surface area (Å²) in [6, 6.07) is 9.12. The Morgan fingerprint density at radius 3 is 2.72 bits per heavy atom. The molecule has 4 rings (SSSR count). The SMILES string of the molecule is COc1ccc2ncc(Cl)c(CCCC3(C(=O)O)CCN(CCSc4cc(F)ccc4F)CC3)c2c1. The van der Waals surface area contributed by atoms with Crippen molar-refractivity contribution in [3.05, 3.63) is 64.8 Å². The van der Waals surface area contributed by atoms with Crippen LogP contribution in [0.1, 0.15) is 31.2 Å². The number of carboxylic acid groups (broad SMARTS) is 1. The Labute approximate surface area is 218 Å². The highest BCUT2D eigenvalue weighted by atomic mass is 35.5. The summed E-state index contributed by atoms with van der Waals surface area (Å²) in [5, 5.41) is 11.6. The molecule has 0 saturated carbocycles. The van der Waals surface area contributed by atoms with Crippen molar-refractivity contribution in [1.29, 1.82) is 0 Å². The number of hydrogen-bond donors (Lipinski definition) is 1. The van der Waals surface area contributed by atoms with E-state index in [-0.39, 0.29) is 0 Å². The Morgan fingerprint density at radius 2 is 2.00 bits per heavy atom. The van der Waals surface area contributed by atoms with Gasteiger partial charge in [-0.1, -0.05) is 11.6 Å². The van der Waals surface area contributed by atoms with E-state index in [9.17, 15) is 18.7 Å². The van der Waals surface area contributed by atoms with Gasteiger partial charge in [0.1, 0.15) is 17.4 Å². The van der Waals surface area contributed by atoms with Gasteiger partial charge in [-0.25, -0.2) is 8.78 Å². The maximum Gasteiger partial charge on any atom is 0.309 e. The van der Waals surface area contributed by atoms with Crippen LogP contribution in [0.4, 0.5) is 8.78 Å². The number of carbonyl (C=O) groups is 1. The summed E-state index contributed by atoms with van der Waals surface area (Å²) in [6.07, 6.45) is 4.66. The van der Waals surface area contributed by atoms with Gasteiger partial charge in [-0.05, 0) is 87.2 Å². The number of pyridine rings is 1. The van der Waals surface area contributed by atoms with Crippen molar-refractivity contribution >= 4 is 40.2 Å². The van der Waals surface area contributed by atoms with Gasteiger partial charge >= 0.3 is 5.97 Å². The molecule has 0 spiro atoms. The molecule has 0 unspecified atom stereocenters. The number of benzene rings is 2. The fourth-order valence-corrected chi connectivity index (χ4v) is 6.05. The third-order valence-electron chi connectivity index (χ3n) is 7.04. The highest BCUT2D eigenvalue weighted by molar-refractivity contribution is 7.99. The van der Waals surface area contributed by atoms with E-state index < -0.39 is 23.0 Å². The second-order valence-electron chi connectivity index (χ2n) is 9.17. The average molecular weight is 535 g/mol. The number of methoxy groups -OCH3 is 1. The van der Waals surface area contributed by atoms with Crippen LogP contribution in [0.3, 0.4) is 0 Å². The van der Waals surface area contributed by atoms with Crippen molar-refractivity contribution in [2.75, 3.05) is 32.5 Å². The highest BCUT2D eigenvalue weighted by Crippen LogP contribution is 2.38. The Morgan fingerprint density at radius 1 is 1.22 bits per heavy atom. The smallest absolute Gasteiger partial charge is 0.309 e. The Bertz CT molecular complexity index is 1240. The number of carboxylic acids is 1. The number of aromatic nitrogens is 1. The molecule has 9 heteroatoms. The van der Waals surface area contributed by atoms with Crippen molar-refractivity contribution in [2.24, 2.45) is 5.41 Å². The highest BCUT2D eigenvalue weighted by Gasteiger charge is 2.40. The number of piperidine rings is 1. The van der Waals surface area contributed by atoms with Gasteiger partial charge in [0, 0.05) is 28.8 Å². The summed E-state index contributed by atoms with van der Waals surface area (Å²) in [6.45, 7) is 2.01. The number of likely N-dealkylation sites (tertiary alicyclic amines) is 1. The first-order chi connectivity index (χ1) is 17.3. The molecule has 1 aliphatic rings. The standard InChI is InChI=1S/C27H29ClF2N2O3S/c1-35-19-5-7-24-21(16-19)20(22(28)17-31-24)3-2-8-27(26(33)34)9-11-32(12-10-27)13-14-36-25-15-18(29)4-6-23(25)30/h4-7,15-17H,2-3,8-14H2,1H3,(H,33,34). The number of thioether (sulfide) groups is 1. The topological polar surface area (TPSA) is 62.7 Å². The lowest BCUT2D eigenvalue weighted by Gasteiger charge is -2.39. The van der Waals surface area contributed by atoms with E-state index >= 15 is 0 Å². The predicted molar refractivity (Wildman–Crippen MR) is 139 cm³/mol. The second kappa shape index (κ2) is 11.8. The van der Waals surface area contributed by atoms with Gasteiger partial charge in [0.05, 0.1) is 23.1 Å². The van der Waals surface area contributed by atoms with Crippen LogP contribution in [-0.2, 0) is 11.2 Å². The molecule has 1 aliphatic heterocycles. The minimum absolute atomic E-state index is 0.298. The minimum Gasteiger partial charge on any atom is -0.497 e. The van der Waals surface area contributed by atoms with E-state index in [0.717, 1.165) is 34.3 Å². The number of rotatable bonds is 10. The van der Waals surface area contributed by atoms with Crippen LogP contribution >= 0.6 is 23.4 Å². The first-order valence-corrected chi connectivity index (χ1v) is 13.3. The first kappa shape index (κ1) is 26.6. The summed E-state index contributed by atoms with van der Waals surface area (Å²) in [5.41, 5.74) is 1.01. The number of aryl methyl sites for hydroxylation is 1. The molecule has 36 heavy (non-hydrogen) atoms.